The predicted octanol–water partition coefficient (Wildman–Crippen LogP) is 1.88. The van der Waals surface area contributed by atoms with Crippen molar-refractivity contribution in [2.24, 2.45) is 0 Å². The number of hydrogen-bond acceptors (Lipinski definition) is 0. The maximum atomic E-state index is 3.25. The van der Waals surface area contributed by atoms with Gasteiger partial charge in [0.1, 0.15) is 0 Å². The predicted molar refractivity (Wildman–Crippen MR) is 36.5 cm³/mol. The van der Waals surface area contributed by atoms with E-state index in [9.17, 15) is 0 Å². The van der Waals surface area contributed by atoms with Crippen LogP contribution in [0.4, 0.5) is 0 Å². The molecule has 8 radical (unpaired) electrons. The van der Waals surface area contributed by atoms with Crippen LogP contribution in [0, 0.1) is 52.4 Å². The molecule has 0 aromatic rings. The minimum Gasteiger partial charge on any atom is -0.0499 e. The molecule has 9 heavy (non-hydrogen) atoms. The molecule has 0 amide bonds. The summed E-state index contributed by atoms with van der Waals surface area (Å²) in [6.45, 7) is 6.50. The zero-order valence-corrected chi connectivity index (χ0v) is 6.75. The molecule has 0 aromatic carbocycles. The van der Waals surface area contributed by atoms with Gasteiger partial charge in [-0.25, -0.2) is 0 Å². The molecular formula is C8H10Pd. The third kappa shape index (κ3) is 12.0. The Balaban J connectivity index is 0. The summed E-state index contributed by atoms with van der Waals surface area (Å²) < 4.78 is 0. The van der Waals surface area contributed by atoms with Crippen molar-refractivity contribution in [3.63, 3.8) is 0 Å². The summed E-state index contributed by atoms with van der Waals surface area (Å²) in [5.74, 6) is 0. The van der Waals surface area contributed by atoms with E-state index in [0.29, 0.717) is 0 Å². The first-order valence-electron chi connectivity index (χ1n) is 2.48. The molecule has 1 fully saturated rings. The summed E-state index contributed by atoms with van der Waals surface area (Å²) in [6, 6.07) is 0. The first-order valence-corrected chi connectivity index (χ1v) is 2.48. The van der Waals surface area contributed by atoms with E-state index in [0.717, 1.165) is 0 Å². The van der Waals surface area contributed by atoms with Gasteiger partial charge in [0.2, 0.25) is 0 Å². The largest absolute Gasteiger partial charge is 0.0499 e. The van der Waals surface area contributed by atoms with Crippen LogP contribution in [0.1, 0.15) is 0 Å². The average Bonchev–Trinajstić information content (AvgIpc) is 2.17. The quantitative estimate of drug-likeness (QED) is 0.538. The molecule has 1 rings (SSSR count). The topological polar surface area (TPSA) is 0 Å². The van der Waals surface area contributed by atoms with E-state index in [4.69, 9.17) is 0 Å². The molecule has 1 aliphatic carbocycles. The Morgan fingerprint density at radius 2 is 0.889 bits per heavy atom. The fraction of sp³-hybridized carbons (Fsp3) is 0. The van der Waals surface area contributed by atoms with Gasteiger partial charge in [0.15, 0.2) is 0 Å². The van der Waals surface area contributed by atoms with Crippen LogP contribution in [0.25, 0.3) is 0 Å². The minimum atomic E-state index is 0. The molecule has 0 bridgehead atoms. The van der Waals surface area contributed by atoms with E-state index in [1.54, 1.807) is 0 Å². The molecule has 0 saturated heterocycles. The van der Waals surface area contributed by atoms with Gasteiger partial charge in [-0.1, -0.05) is 0 Å². The molecule has 0 nitrogen and oxygen atoms in total. The third-order valence-corrected chi connectivity index (χ3v) is 0.556. The van der Waals surface area contributed by atoms with Gasteiger partial charge in [-0.05, 0) is 52.4 Å². The normalized spacial score (nSPS) is 15.3. The molecule has 1 heteroatoms. The van der Waals surface area contributed by atoms with Crippen molar-refractivity contribution in [1.29, 1.82) is 0 Å². The van der Waals surface area contributed by atoms with Gasteiger partial charge >= 0.3 is 0 Å². The van der Waals surface area contributed by atoms with Crippen LogP contribution in [0.15, 0.2) is 0 Å². The van der Waals surface area contributed by atoms with E-state index in [1.165, 1.54) is 6.42 Å². The Bertz CT molecular complexity index is 23.9. The summed E-state index contributed by atoms with van der Waals surface area (Å²) in [5.41, 5.74) is 0. The molecule has 0 spiro atoms. The average molecular weight is 213 g/mol. The first kappa shape index (κ1) is 12.3. The number of rotatable bonds is 0. The Morgan fingerprint density at radius 1 is 0.778 bits per heavy atom. The summed E-state index contributed by atoms with van der Waals surface area (Å²) in [6.07, 6.45) is 11.5. The zero-order valence-electron chi connectivity index (χ0n) is 5.19. The second-order valence-corrected chi connectivity index (χ2v) is 1.25. The summed E-state index contributed by atoms with van der Waals surface area (Å²) >= 11 is 0. The Morgan fingerprint density at radius 3 is 1.00 bits per heavy atom. The van der Waals surface area contributed by atoms with Gasteiger partial charge in [0.05, 0.1) is 0 Å². The van der Waals surface area contributed by atoms with Crippen molar-refractivity contribution in [2.45, 2.75) is 0 Å². The van der Waals surface area contributed by atoms with Gasteiger partial charge in [-0.2, -0.15) is 0 Å². The monoisotopic (exact) mass is 212 g/mol. The Kier molecular flexibility index (Phi) is 15.7. The van der Waals surface area contributed by atoms with Crippen molar-refractivity contribution in [3.05, 3.63) is 52.4 Å². The molecule has 0 aromatic heterocycles. The van der Waals surface area contributed by atoms with Gasteiger partial charge in [-0.3, -0.25) is 0 Å². The summed E-state index contributed by atoms with van der Waals surface area (Å²) in [7, 11) is 0. The molecule has 1 aliphatic rings. The second-order valence-electron chi connectivity index (χ2n) is 1.25. The van der Waals surface area contributed by atoms with Crippen molar-refractivity contribution in [2.75, 3.05) is 0 Å². The zero-order chi connectivity index (χ0) is 6.24. The molecule has 0 N–H and O–H groups in total. The van der Waals surface area contributed by atoms with E-state index < -0.39 is 0 Å². The molecule has 0 heterocycles. The van der Waals surface area contributed by atoms with Crippen LogP contribution in [-0.4, -0.2) is 0 Å². The Labute approximate surface area is 73.1 Å². The van der Waals surface area contributed by atoms with Crippen LogP contribution in [0.2, 0.25) is 0 Å². The van der Waals surface area contributed by atoms with Crippen LogP contribution in [0.5, 0.6) is 0 Å². The summed E-state index contributed by atoms with van der Waals surface area (Å²) in [5, 5.41) is 0. The smallest absolute Gasteiger partial charge is 0 e. The molecule has 0 aliphatic heterocycles. The van der Waals surface area contributed by atoms with Crippen molar-refractivity contribution in [1.82, 2.24) is 0 Å². The molecule has 1 saturated carbocycles. The van der Waals surface area contributed by atoms with Gasteiger partial charge in [0, 0.05) is 20.4 Å². The number of hydrogen-bond donors (Lipinski definition) is 0. The van der Waals surface area contributed by atoms with Crippen molar-refractivity contribution in [3.8, 4) is 0 Å². The van der Waals surface area contributed by atoms with Gasteiger partial charge in [0.25, 0.3) is 0 Å². The second kappa shape index (κ2) is 11.5. The SMILES string of the molecule is [CH2][CH][CH2].[CH]1[CH][CH][CH][CH]1.[Pd]. The van der Waals surface area contributed by atoms with Gasteiger partial charge in [-0.15, -0.1) is 0 Å². The van der Waals surface area contributed by atoms with Crippen molar-refractivity contribution < 1.29 is 20.4 Å². The maximum absolute atomic E-state index is 3.25. The molecular weight excluding hydrogens is 203 g/mol. The van der Waals surface area contributed by atoms with Crippen LogP contribution in [-0.2, 0) is 20.4 Å². The minimum absolute atomic E-state index is 0. The van der Waals surface area contributed by atoms with E-state index in [2.05, 4.69) is 13.8 Å². The fourth-order valence-corrected chi connectivity index (χ4v) is 0.321. The van der Waals surface area contributed by atoms with Crippen LogP contribution in [0.3, 0.4) is 0 Å². The van der Waals surface area contributed by atoms with E-state index in [-0.39, 0.29) is 20.4 Å². The third-order valence-electron chi connectivity index (χ3n) is 0.556. The Hall–Kier alpha value is 0.662. The van der Waals surface area contributed by atoms with Gasteiger partial charge < -0.3 is 0 Å². The summed E-state index contributed by atoms with van der Waals surface area (Å²) in [4.78, 5) is 0. The standard InChI is InChI=1S/C5H5.C3H5.Pd/c1-2-4-5-3-1;1-3-2;/h1-5H;3H,1-2H2;. The van der Waals surface area contributed by atoms with Crippen molar-refractivity contribution >= 4 is 0 Å². The van der Waals surface area contributed by atoms with Crippen LogP contribution < -0.4 is 0 Å². The molecule has 0 unspecified atom stereocenters. The molecule has 0 atom stereocenters. The van der Waals surface area contributed by atoms with Crippen LogP contribution >= 0.6 is 0 Å². The van der Waals surface area contributed by atoms with E-state index in [1.807, 2.05) is 32.1 Å². The van der Waals surface area contributed by atoms with E-state index >= 15 is 0 Å². The fourth-order valence-electron chi connectivity index (χ4n) is 0.321. The maximum Gasteiger partial charge on any atom is 0 e. The molecule has 52 valence electrons. The first-order chi connectivity index (χ1) is 3.91.